The van der Waals surface area contributed by atoms with Crippen molar-refractivity contribution in [1.29, 1.82) is 5.41 Å². The van der Waals surface area contributed by atoms with E-state index in [9.17, 15) is 19.1 Å². The van der Waals surface area contributed by atoms with Crippen LogP contribution in [0, 0.1) is 22.9 Å². The van der Waals surface area contributed by atoms with Gasteiger partial charge in [0, 0.05) is 47.4 Å². The van der Waals surface area contributed by atoms with Crippen LogP contribution in [0.3, 0.4) is 0 Å². The predicted molar refractivity (Wildman–Crippen MR) is 179 cm³/mol. The molecule has 15 heteroatoms. The molecule has 4 aromatic rings. The van der Waals surface area contributed by atoms with E-state index in [1.54, 1.807) is 24.4 Å². The number of allylic oxidation sites excluding steroid dienone is 2. The molecular weight excluding hydrogens is 675 g/mol. The second-order valence-corrected chi connectivity index (χ2v) is 11.9. The van der Waals surface area contributed by atoms with E-state index < -0.39 is 63.3 Å². The van der Waals surface area contributed by atoms with Crippen molar-refractivity contribution >= 4 is 35.1 Å². The van der Waals surface area contributed by atoms with E-state index in [2.05, 4.69) is 30.9 Å². The highest BCUT2D eigenvalue weighted by Gasteiger charge is 2.37. The van der Waals surface area contributed by atoms with E-state index in [4.69, 9.17) is 21.7 Å². The van der Waals surface area contributed by atoms with Crippen molar-refractivity contribution < 1.29 is 32.6 Å². The molecule has 2 amide bonds. The van der Waals surface area contributed by atoms with Crippen molar-refractivity contribution in [3.05, 3.63) is 135 Å². The van der Waals surface area contributed by atoms with Crippen LogP contribution in [0.15, 0.2) is 96.2 Å². The Hall–Kier alpha value is -5.73. The number of halogens is 4. The number of aliphatic hydroxyl groups is 1. The van der Waals surface area contributed by atoms with Crippen LogP contribution in [0.4, 0.5) is 19.1 Å². The average molecular weight is 704 g/mol. The number of ether oxygens (including phenoxy) is 1. The molecule has 11 nitrogen and oxygen atoms in total. The number of benzene rings is 2. The minimum absolute atomic E-state index is 0.0334. The number of hydrogen-bond donors (Lipinski definition) is 6. The molecular formula is C35H29ClF3N7O4. The summed E-state index contributed by atoms with van der Waals surface area (Å²) in [7, 11) is 1.37. The van der Waals surface area contributed by atoms with Crippen molar-refractivity contribution in [3.63, 3.8) is 0 Å². The summed E-state index contributed by atoms with van der Waals surface area (Å²) in [6, 6.07) is 10.4. The van der Waals surface area contributed by atoms with Crippen molar-refractivity contribution in [2.24, 2.45) is 0 Å². The van der Waals surface area contributed by atoms with Gasteiger partial charge >= 0.3 is 0 Å². The number of nitrogens with one attached hydrogen (secondary N) is 5. The molecule has 0 aliphatic heterocycles. The number of rotatable bonds is 11. The zero-order valence-electron chi connectivity index (χ0n) is 26.3. The van der Waals surface area contributed by atoms with Crippen molar-refractivity contribution in [1.82, 2.24) is 25.6 Å². The zero-order chi connectivity index (χ0) is 35.6. The van der Waals surface area contributed by atoms with E-state index in [0.717, 1.165) is 25.0 Å². The Labute approximate surface area is 288 Å². The third-order valence-corrected chi connectivity index (χ3v) is 8.33. The van der Waals surface area contributed by atoms with Crippen LogP contribution in [0.5, 0.6) is 0 Å². The molecule has 1 fully saturated rings. The van der Waals surface area contributed by atoms with E-state index in [1.807, 2.05) is 0 Å². The highest BCUT2D eigenvalue weighted by atomic mass is 35.5. The highest BCUT2D eigenvalue weighted by molar-refractivity contribution is 6.31. The van der Waals surface area contributed by atoms with Crippen LogP contribution < -0.4 is 16.0 Å². The van der Waals surface area contributed by atoms with Gasteiger partial charge in [-0.2, -0.15) is 0 Å². The number of aromatic amines is 1. The van der Waals surface area contributed by atoms with Gasteiger partial charge in [-0.05, 0) is 42.7 Å². The predicted octanol–water partition coefficient (Wildman–Crippen LogP) is 5.27. The quantitative estimate of drug-likeness (QED) is 0.116. The molecule has 256 valence electrons. The van der Waals surface area contributed by atoms with Crippen LogP contribution in [0.1, 0.15) is 34.5 Å². The van der Waals surface area contributed by atoms with Crippen LogP contribution >= 0.6 is 11.6 Å². The summed E-state index contributed by atoms with van der Waals surface area (Å²) >= 11 is 5.93. The molecule has 50 heavy (non-hydrogen) atoms. The molecule has 2 aliphatic rings. The van der Waals surface area contributed by atoms with E-state index in [-0.39, 0.29) is 40.3 Å². The second-order valence-electron chi connectivity index (χ2n) is 11.5. The summed E-state index contributed by atoms with van der Waals surface area (Å²) in [4.78, 5) is 37.8. The molecule has 1 atom stereocenters. The Bertz CT molecular complexity index is 2080. The monoisotopic (exact) mass is 703 g/mol. The van der Waals surface area contributed by atoms with Crippen molar-refractivity contribution in [2.45, 2.75) is 24.5 Å². The third kappa shape index (κ3) is 7.02. The SMILES string of the molecule is COC1=CC(C(=O)NC[C@@](O)(c2ccccc2)c2cc(C(=O)Nc3ncc[nH]3)c(F)c(-c3cc(Cl)c(F)cc3F)n2)=C/C(=C/NC2CC2)C1=N. The molecule has 0 saturated heterocycles. The Morgan fingerprint density at radius 2 is 1.88 bits per heavy atom. The number of H-pyrrole nitrogens is 1. The fourth-order valence-electron chi connectivity index (χ4n) is 5.16. The maximum Gasteiger partial charge on any atom is 0.261 e. The number of methoxy groups -OCH3 is 1. The van der Waals surface area contributed by atoms with Crippen LogP contribution in [-0.4, -0.2) is 57.3 Å². The summed E-state index contributed by atoms with van der Waals surface area (Å²) in [5, 5.41) is 28.5. The van der Waals surface area contributed by atoms with Crippen LogP contribution in [0.25, 0.3) is 11.3 Å². The number of aromatic nitrogens is 3. The molecule has 1 saturated carbocycles. The third-order valence-electron chi connectivity index (χ3n) is 8.04. The smallest absolute Gasteiger partial charge is 0.261 e. The van der Waals surface area contributed by atoms with Crippen molar-refractivity contribution in [3.8, 4) is 11.3 Å². The molecule has 2 aromatic heterocycles. The Kier molecular flexibility index (Phi) is 9.57. The summed E-state index contributed by atoms with van der Waals surface area (Å²) in [5.74, 6) is -5.26. The molecule has 0 bridgehead atoms. The van der Waals surface area contributed by atoms with Gasteiger partial charge in [0.05, 0.1) is 29.9 Å². The molecule has 0 radical (unpaired) electrons. The maximum absolute atomic E-state index is 16.2. The first-order valence-electron chi connectivity index (χ1n) is 15.2. The van der Waals surface area contributed by atoms with Gasteiger partial charge in [-0.1, -0.05) is 41.9 Å². The first kappa shape index (κ1) is 34.1. The topological polar surface area (TPSA) is 165 Å². The van der Waals surface area contributed by atoms with Gasteiger partial charge in [0.15, 0.2) is 5.82 Å². The lowest BCUT2D eigenvalue weighted by molar-refractivity contribution is -0.118. The number of anilines is 1. The Morgan fingerprint density at radius 1 is 1.12 bits per heavy atom. The number of nitrogens with zero attached hydrogens (tertiary/aromatic N) is 2. The van der Waals surface area contributed by atoms with Gasteiger partial charge in [0.2, 0.25) is 5.95 Å². The van der Waals surface area contributed by atoms with Gasteiger partial charge in [0.25, 0.3) is 11.8 Å². The van der Waals surface area contributed by atoms with E-state index >= 15 is 8.78 Å². The molecule has 6 rings (SSSR count). The lowest BCUT2D eigenvalue weighted by atomic mass is 9.88. The van der Waals surface area contributed by atoms with Gasteiger partial charge in [-0.3, -0.25) is 20.3 Å². The van der Waals surface area contributed by atoms with Crippen LogP contribution in [-0.2, 0) is 15.1 Å². The van der Waals surface area contributed by atoms with E-state index in [0.29, 0.717) is 11.6 Å². The summed E-state index contributed by atoms with van der Waals surface area (Å²) in [6.45, 7) is -0.579. The number of amides is 2. The zero-order valence-corrected chi connectivity index (χ0v) is 27.0. The molecule has 0 unspecified atom stereocenters. The number of carbonyl (C=O) groups excluding carboxylic acids is 2. The molecule has 2 aromatic carbocycles. The number of hydrogen-bond acceptors (Lipinski definition) is 8. The van der Waals surface area contributed by atoms with E-state index in [1.165, 1.54) is 43.8 Å². The minimum Gasteiger partial charge on any atom is -0.494 e. The minimum atomic E-state index is -2.26. The van der Waals surface area contributed by atoms with Crippen LogP contribution in [0.2, 0.25) is 5.02 Å². The van der Waals surface area contributed by atoms with Gasteiger partial charge < -0.3 is 25.5 Å². The standard InChI is InChI=1S/C35H29ClF3N7O4/c1-50-27-12-18(11-19(30(27)40)16-43-21-7-8-21)32(47)44-17-35(49,20-5-3-2-4-6-20)28-14-23(33(48)46-34-41-9-10-42-34)29(39)31(45-28)22-13-24(36)26(38)15-25(22)37/h2-6,9-16,21,40,43,49H,7-8,17H2,1H3,(H,44,47)(H2,41,42,46,48)/b19-16-,40-30?/t35-/m1/s1. The molecule has 2 aliphatic carbocycles. The fraction of sp³-hybridized carbons (Fsp3) is 0.171. The first-order chi connectivity index (χ1) is 24.0. The largest absolute Gasteiger partial charge is 0.494 e. The maximum atomic E-state index is 16.2. The lowest BCUT2D eigenvalue weighted by Gasteiger charge is -2.30. The first-order valence-corrected chi connectivity index (χ1v) is 15.6. The average Bonchev–Trinajstić information content (AvgIpc) is 3.81. The molecule has 2 heterocycles. The van der Waals surface area contributed by atoms with Gasteiger partial charge in [-0.25, -0.2) is 23.1 Å². The second kappa shape index (κ2) is 14.0. The lowest BCUT2D eigenvalue weighted by Crippen LogP contribution is -2.43. The van der Waals surface area contributed by atoms with Gasteiger partial charge in [-0.15, -0.1) is 0 Å². The normalized spacial score (nSPS) is 16.3. The Morgan fingerprint density at radius 3 is 2.56 bits per heavy atom. The Balaban J connectivity index is 1.43. The van der Waals surface area contributed by atoms with Gasteiger partial charge in [0.1, 0.15) is 34.4 Å². The number of pyridine rings is 1. The highest BCUT2D eigenvalue weighted by Crippen LogP contribution is 2.35. The molecule has 6 N–H and O–H groups in total. The number of imidazole rings is 1. The summed E-state index contributed by atoms with van der Waals surface area (Å²) in [6.07, 6.45) is 9.25. The fourth-order valence-corrected chi connectivity index (χ4v) is 5.33. The number of carbonyl (C=O) groups is 2. The summed E-state index contributed by atoms with van der Waals surface area (Å²) in [5.41, 5.74) is -3.92. The van der Waals surface area contributed by atoms with Crippen molar-refractivity contribution in [2.75, 3.05) is 19.0 Å². The molecule has 0 spiro atoms. The summed E-state index contributed by atoms with van der Waals surface area (Å²) < 4.78 is 50.8.